The van der Waals surface area contributed by atoms with Gasteiger partial charge in [-0.2, -0.15) is 0 Å². The van der Waals surface area contributed by atoms with Gasteiger partial charge in [-0.3, -0.25) is 0 Å². The largest absolute Gasteiger partial charge is 0.492 e. The normalized spacial score (nSPS) is 9.77. The van der Waals surface area contributed by atoms with Crippen LogP contribution in [0.2, 0.25) is 0 Å². The molecule has 1 aromatic rings. The smallest absolute Gasteiger partial charge is 0.460 e. The topological polar surface area (TPSA) is 79.9 Å². The summed E-state index contributed by atoms with van der Waals surface area (Å²) in [6.45, 7) is 1.86. The summed E-state index contributed by atoms with van der Waals surface area (Å²) < 4.78 is 9.37. The quantitative estimate of drug-likeness (QED) is 0.471. The van der Waals surface area contributed by atoms with Crippen LogP contribution in [0, 0.1) is 0 Å². The minimum atomic E-state index is -1.72. The highest BCUT2D eigenvalue weighted by Crippen LogP contribution is 2.00. The Balaban J connectivity index is 2.87. The fourth-order valence-electron chi connectivity index (χ4n) is 0.885. The number of carbonyl (C=O) groups is 1. The molecule has 0 spiro atoms. The predicted molar refractivity (Wildman–Crippen MR) is 44.5 cm³/mol. The molecule has 0 unspecified atom stereocenters. The van der Waals surface area contributed by atoms with Crippen LogP contribution in [-0.2, 0) is 4.74 Å². The van der Waals surface area contributed by atoms with Gasteiger partial charge in [-0.05, 0) is 13.0 Å². The third-order valence-electron chi connectivity index (χ3n) is 1.43. The van der Waals surface area contributed by atoms with Crippen LogP contribution in [0.15, 0.2) is 16.7 Å². The van der Waals surface area contributed by atoms with Gasteiger partial charge in [0, 0.05) is 5.46 Å². The number of rotatable bonds is 3. The lowest BCUT2D eigenvalue weighted by atomic mass is 9.80. The molecule has 0 aliphatic heterocycles. The lowest BCUT2D eigenvalue weighted by molar-refractivity contribution is 0.0491. The maximum atomic E-state index is 11.1. The number of hydrogen-bond donors (Lipinski definition) is 2. The van der Waals surface area contributed by atoms with Crippen molar-refractivity contribution >= 4 is 18.6 Å². The second-order valence-corrected chi connectivity index (χ2v) is 2.30. The fraction of sp³-hybridized carbons (Fsp3) is 0.286. The van der Waals surface area contributed by atoms with Crippen molar-refractivity contribution in [1.29, 1.82) is 0 Å². The summed E-state index contributed by atoms with van der Waals surface area (Å²) in [7, 11) is -1.72. The Bertz CT molecular complexity index is 293. The predicted octanol–water partition coefficient (Wildman–Crippen LogP) is -0.864. The first kappa shape index (κ1) is 9.82. The van der Waals surface area contributed by atoms with E-state index in [1.54, 1.807) is 6.92 Å². The first-order valence-electron chi connectivity index (χ1n) is 3.77. The van der Waals surface area contributed by atoms with Gasteiger partial charge in [0.2, 0.25) is 5.76 Å². The van der Waals surface area contributed by atoms with Gasteiger partial charge in [0.15, 0.2) is 0 Å². The zero-order chi connectivity index (χ0) is 9.84. The molecule has 6 heteroatoms. The molecule has 0 aromatic carbocycles. The zero-order valence-electron chi connectivity index (χ0n) is 7.06. The molecule has 0 atom stereocenters. The molecule has 5 nitrogen and oxygen atoms in total. The van der Waals surface area contributed by atoms with Crippen molar-refractivity contribution in [2.24, 2.45) is 0 Å². The van der Waals surface area contributed by atoms with Crippen molar-refractivity contribution in [1.82, 2.24) is 0 Å². The standard InChI is InChI=1S/C7H9BO5/c1-2-12-7(9)6-5(8(10)11)3-4-13-6/h3-4,10-11H,2H2,1H3. The van der Waals surface area contributed by atoms with Crippen LogP contribution in [0.3, 0.4) is 0 Å². The first-order chi connectivity index (χ1) is 6.16. The van der Waals surface area contributed by atoms with E-state index in [9.17, 15) is 4.79 Å². The summed E-state index contributed by atoms with van der Waals surface area (Å²) in [6.07, 6.45) is 1.20. The van der Waals surface area contributed by atoms with Gasteiger partial charge >= 0.3 is 13.1 Å². The summed E-state index contributed by atoms with van der Waals surface area (Å²) in [5.74, 6) is -0.868. The highest BCUT2D eigenvalue weighted by atomic mass is 16.5. The van der Waals surface area contributed by atoms with Crippen molar-refractivity contribution in [3.8, 4) is 0 Å². The highest BCUT2D eigenvalue weighted by molar-refractivity contribution is 6.60. The lowest BCUT2D eigenvalue weighted by Crippen LogP contribution is -2.33. The molecule has 13 heavy (non-hydrogen) atoms. The fourth-order valence-corrected chi connectivity index (χ4v) is 0.885. The molecule has 0 bridgehead atoms. The number of ether oxygens (including phenoxy) is 1. The molecule has 0 fully saturated rings. The van der Waals surface area contributed by atoms with Crippen LogP contribution in [0.4, 0.5) is 0 Å². The van der Waals surface area contributed by atoms with E-state index in [-0.39, 0.29) is 17.8 Å². The minimum absolute atomic E-state index is 0.0125. The number of esters is 1. The van der Waals surface area contributed by atoms with E-state index >= 15 is 0 Å². The summed E-state index contributed by atoms with van der Waals surface area (Å²) in [4.78, 5) is 11.1. The lowest BCUT2D eigenvalue weighted by Gasteiger charge is -2.00. The third kappa shape index (κ3) is 2.10. The van der Waals surface area contributed by atoms with Gasteiger partial charge in [-0.15, -0.1) is 0 Å². The third-order valence-corrected chi connectivity index (χ3v) is 1.43. The Labute approximate surface area is 75.1 Å². The average molecular weight is 184 g/mol. The summed E-state index contributed by atoms with van der Waals surface area (Å²) in [5.41, 5.74) is 0.0125. The molecule has 1 aromatic heterocycles. The van der Waals surface area contributed by atoms with Gasteiger partial charge in [-0.1, -0.05) is 0 Å². The molecule has 0 amide bonds. The van der Waals surface area contributed by atoms with Crippen molar-refractivity contribution in [2.75, 3.05) is 6.61 Å². The Hall–Kier alpha value is -1.27. The molecule has 1 heterocycles. The van der Waals surface area contributed by atoms with Gasteiger partial charge in [0.1, 0.15) is 0 Å². The minimum Gasteiger partial charge on any atom is -0.460 e. The van der Waals surface area contributed by atoms with E-state index in [1.165, 1.54) is 12.3 Å². The van der Waals surface area contributed by atoms with Crippen LogP contribution in [0.25, 0.3) is 0 Å². The molecule has 0 saturated heterocycles. The van der Waals surface area contributed by atoms with E-state index in [1.807, 2.05) is 0 Å². The summed E-state index contributed by atoms with van der Waals surface area (Å²) in [6, 6.07) is 1.30. The number of carbonyl (C=O) groups excluding carboxylic acids is 1. The Morgan fingerprint density at radius 3 is 2.92 bits per heavy atom. The molecule has 0 aliphatic rings. The second-order valence-electron chi connectivity index (χ2n) is 2.30. The average Bonchev–Trinajstić information content (AvgIpc) is 2.52. The Morgan fingerprint density at radius 2 is 2.38 bits per heavy atom. The van der Waals surface area contributed by atoms with Gasteiger partial charge < -0.3 is 19.2 Å². The Kier molecular flexibility index (Phi) is 3.10. The van der Waals surface area contributed by atoms with E-state index in [2.05, 4.69) is 4.74 Å². The maximum Gasteiger partial charge on any atom is 0.492 e. The highest BCUT2D eigenvalue weighted by Gasteiger charge is 2.24. The summed E-state index contributed by atoms with van der Waals surface area (Å²) in [5, 5.41) is 17.6. The van der Waals surface area contributed by atoms with Crippen molar-refractivity contribution in [2.45, 2.75) is 6.92 Å². The van der Waals surface area contributed by atoms with Gasteiger partial charge in [0.25, 0.3) is 0 Å². The van der Waals surface area contributed by atoms with Crippen LogP contribution < -0.4 is 5.46 Å². The molecular formula is C7H9BO5. The van der Waals surface area contributed by atoms with Crippen molar-refractivity contribution in [3.63, 3.8) is 0 Å². The van der Waals surface area contributed by atoms with E-state index < -0.39 is 13.1 Å². The first-order valence-corrected chi connectivity index (χ1v) is 3.77. The molecular weight excluding hydrogens is 175 g/mol. The SMILES string of the molecule is CCOC(=O)c1occc1B(O)O. The molecule has 2 N–H and O–H groups in total. The summed E-state index contributed by atoms with van der Waals surface area (Å²) >= 11 is 0. The second kappa shape index (κ2) is 4.11. The van der Waals surface area contributed by atoms with Gasteiger partial charge in [0.05, 0.1) is 12.9 Å². The van der Waals surface area contributed by atoms with E-state index in [4.69, 9.17) is 14.5 Å². The van der Waals surface area contributed by atoms with E-state index in [0.29, 0.717) is 0 Å². The van der Waals surface area contributed by atoms with Crippen LogP contribution in [0.5, 0.6) is 0 Å². The maximum absolute atomic E-state index is 11.1. The monoisotopic (exact) mass is 184 g/mol. The molecule has 0 aliphatic carbocycles. The van der Waals surface area contributed by atoms with Crippen LogP contribution in [0.1, 0.15) is 17.5 Å². The Morgan fingerprint density at radius 1 is 1.69 bits per heavy atom. The molecule has 0 radical (unpaired) electrons. The van der Waals surface area contributed by atoms with Crippen LogP contribution in [-0.4, -0.2) is 29.7 Å². The molecule has 70 valence electrons. The van der Waals surface area contributed by atoms with E-state index in [0.717, 1.165) is 0 Å². The number of furan rings is 1. The van der Waals surface area contributed by atoms with Crippen molar-refractivity contribution < 1.29 is 24.0 Å². The van der Waals surface area contributed by atoms with Crippen LogP contribution >= 0.6 is 0 Å². The molecule has 1 rings (SSSR count). The number of hydrogen-bond acceptors (Lipinski definition) is 5. The zero-order valence-corrected chi connectivity index (χ0v) is 7.06. The van der Waals surface area contributed by atoms with Gasteiger partial charge in [-0.25, -0.2) is 4.79 Å². The molecule has 0 saturated carbocycles. The van der Waals surface area contributed by atoms with Crippen molar-refractivity contribution in [3.05, 3.63) is 18.1 Å².